The zero-order valence-corrected chi connectivity index (χ0v) is 19.3. The van der Waals surface area contributed by atoms with E-state index in [1.54, 1.807) is 13.8 Å². The van der Waals surface area contributed by atoms with Gasteiger partial charge in [0.1, 0.15) is 18.6 Å². The highest BCUT2D eigenvalue weighted by atomic mass is 19.3. The molecule has 2 aliphatic carbocycles. The smallest absolute Gasteiger partial charge is 0.407 e. The number of nitrogens with one attached hydrogen (secondary N) is 1. The van der Waals surface area contributed by atoms with E-state index in [-0.39, 0.29) is 19.1 Å². The second kappa shape index (κ2) is 8.03. The lowest BCUT2D eigenvalue weighted by molar-refractivity contribution is -0.173. The lowest BCUT2D eigenvalue weighted by atomic mass is 9.74. The van der Waals surface area contributed by atoms with E-state index >= 15 is 0 Å². The Morgan fingerprint density at radius 3 is 2.17 bits per heavy atom. The van der Waals surface area contributed by atoms with Gasteiger partial charge in [-0.25, -0.2) is 18.4 Å². The molecule has 0 spiro atoms. The molecule has 5 rings (SSSR count). The molecule has 3 atom stereocenters. The monoisotopic (exact) mass is 484 g/mol. The molecule has 2 N–H and O–H groups in total. The van der Waals surface area contributed by atoms with Crippen LogP contribution in [0, 0.1) is 17.3 Å². The van der Waals surface area contributed by atoms with Crippen LogP contribution in [0.1, 0.15) is 30.9 Å². The number of nitrogens with zero attached hydrogens (tertiary/aromatic N) is 1. The van der Waals surface area contributed by atoms with E-state index < -0.39 is 53.7 Å². The second-order valence-corrected chi connectivity index (χ2v) is 10.2. The van der Waals surface area contributed by atoms with E-state index in [4.69, 9.17) is 4.74 Å². The number of alkyl carbamates (subject to hydrolysis) is 1. The maximum Gasteiger partial charge on any atom is 0.407 e. The first-order valence-electron chi connectivity index (χ1n) is 11.5. The van der Waals surface area contributed by atoms with Crippen molar-refractivity contribution in [1.82, 2.24) is 10.2 Å². The third-order valence-electron chi connectivity index (χ3n) is 7.43. The molecular formula is C26H26F2N2O5. The molecule has 7 nitrogen and oxygen atoms in total. The number of benzene rings is 2. The van der Waals surface area contributed by atoms with Gasteiger partial charge >= 0.3 is 12.1 Å². The van der Waals surface area contributed by atoms with Gasteiger partial charge in [-0.1, -0.05) is 62.4 Å². The molecule has 1 saturated heterocycles. The van der Waals surface area contributed by atoms with Crippen LogP contribution >= 0.6 is 0 Å². The molecule has 2 amide bonds. The molecule has 184 valence electrons. The fraction of sp³-hybridized carbons (Fsp3) is 0.423. The van der Waals surface area contributed by atoms with Gasteiger partial charge in [0.05, 0.1) is 5.92 Å². The Morgan fingerprint density at radius 1 is 1.06 bits per heavy atom. The van der Waals surface area contributed by atoms with Crippen molar-refractivity contribution < 1.29 is 33.0 Å². The Labute approximate surface area is 201 Å². The van der Waals surface area contributed by atoms with Crippen molar-refractivity contribution in [1.29, 1.82) is 0 Å². The highest BCUT2D eigenvalue weighted by molar-refractivity contribution is 5.90. The third-order valence-corrected chi connectivity index (χ3v) is 7.43. The van der Waals surface area contributed by atoms with Gasteiger partial charge in [0.25, 0.3) is 5.92 Å². The number of ether oxygens (including phenoxy) is 1. The van der Waals surface area contributed by atoms with E-state index in [1.807, 2.05) is 48.5 Å². The summed E-state index contributed by atoms with van der Waals surface area (Å²) in [5.74, 6) is -8.61. The van der Waals surface area contributed by atoms with Gasteiger partial charge in [-0.3, -0.25) is 4.79 Å². The normalized spacial score (nSPS) is 25.1. The van der Waals surface area contributed by atoms with Crippen LogP contribution in [0.3, 0.4) is 0 Å². The van der Waals surface area contributed by atoms with E-state index in [2.05, 4.69) is 5.32 Å². The molecule has 1 saturated carbocycles. The summed E-state index contributed by atoms with van der Waals surface area (Å²) in [5.41, 5.74) is 3.54. The number of amides is 2. The first-order valence-corrected chi connectivity index (χ1v) is 11.5. The molecule has 1 heterocycles. The van der Waals surface area contributed by atoms with Crippen molar-refractivity contribution in [2.45, 2.75) is 31.7 Å². The summed E-state index contributed by atoms with van der Waals surface area (Å²) in [6.45, 7) is 3.07. The molecule has 35 heavy (non-hydrogen) atoms. The van der Waals surface area contributed by atoms with Crippen molar-refractivity contribution in [2.75, 3.05) is 19.7 Å². The number of carbonyl (C=O) groups is 3. The molecule has 0 aromatic heterocycles. The topological polar surface area (TPSA) is 95.9 Å². The Bertz CT molecular complexity index is 1170. The highest BCUT2D eigenvalue weighted by Gasteiger charge is 2.73. The molecule has 2 aromatic rings. The number of carboxylic acid groups (broad SMARTS) is 1. The first kappa shape index (κ1) is 23.3. The summed E-state index contributed by atoms with van der Waals surface area (Å²) in [4.78, 5) is 37.4. The maximum atomic E-state index is 14.4. The van der Waals surface area contributed by atoms with Crippen LogP contribution in [-0.2, 0) is 14.3 Å². The van der Waals surface area contributed by atoms with Crippen LogP contribution in [0.5, 0.6) is 0 Å². The van der Waals surface area contributed by atoms with Crippen molar-refractivity contribution in [3.63, 3.8) is 0 Å². The van der Waals surface area contributed by atoms with Gasteiger partial charge < -0.3 is 20.1 Å². The fourth-order valence-electron chi connectivity index (χ4n) is 5.60. The van der Waals surface area contributed by atoms with Gasteiger partial charge in [-0.15, -0.1) is 0 Å². The average Bonchev–Trinajstić information content (AvgIpc) is 3.20. The highest BCUT2D eigenvalue weighted by Crippen LogP contribution is 2.57. The number of likely N-dealkylation sites (tertiary alicyclic amines) is 1. The summed E-state index contributed by atoms with van der Waals surface area (Å²) in [6.07, 6.45) is -0.839. The quantitative estimate of drug-likeness (QED) is 0.652. The van der Waals surface area contributed by atoms with Crippen LogP contribution in [0.4, 0.5) is 13.6 Å². The zero-order chi connectivity index (χ0) is 25.1. The minimum absolute atomic E-state index is 0.0480. The van der Waals surface area contributed by atoms with Crippen LogP contribution in [0.25, 0.3) is 11.1 Å². The SMILES string of the molecule is CC1(C)CN(C(=O)C2C(CNC(=O)OCC3c4ccccc4-c4ccccc43)C2(F)F)C1C(=O)O. The maximum absolute atomic E-state index is 14.4. The largest absolute Gasteiger partial charge is 0.480 e. The number of alkyl halides is 2. The summed E-state index contributed by atoms with van der Waals surface area (Å²) in [6, 6.07) is 14.5. The van der Waals surface area contributed by atoms with Crippen molar-refractivity contribution in [3.05, 3.63) is 59.7 Å². The number of carboxylic acids is 1. The number of aliphatic carboxylic acids is 1. The predicted molar refractivity (Wildman–Crippen MR) is 122 cm³/mol. The molecule has 9 heteroatoms. The molecule has 1 aliphatic heterocycles. The summed E-state index contributed by atoms with van der Waals surface area (Å²) in [7, 11) is 0. The van der Waals surface area contributed by atoms with E-state index in [0.717, 1.165) is 27.2 Å². The number of hydrogen-bond donors (Lipinski definition) is 2. The van der Waals surface area contributed by atoms with Gasteiger partial charge in [-0.05, 0) is 22.3 Å². The van der Waals surface area contributed by atoms with Crippen LogP contribution in [0.2, 0.25) is 0 Å². The molecule has 3 aliphatic rings. The van der Waals surface area contributed by atoms with E-state index in [0.29, 0.717) is 0 Å². The molecule has 0 radical (unpaired) electrons. The average molecular weight is 484 g/mol. The summed E-state index contributed by atoms with van der Waals surface area (Å²) >= 11 is 0. The van der Waals surface area contributed by atoms with Gasteiger partial charge in [0.15, 0.2) is 0 Å². The number of fused-ring (bicyclic) bond motifs is 3. The Balaban J connectivity index is 1.17. The predicted octanol–water partition coefficient (Wildman–Crippen LogP) is 3.73. The number of hydrogen-bond acceptors (Lipinski definition) is 4. The van der Waals surface area contributed by atoms with Crippen LogP contribution in [0.15, 0.2) is 48.5 Å². The second-order valence-electron chi connectivity index (χ2n) is 10.2. The third kappa shape index (κ3) is 3.73. The first-order chi connectivity index (χ1) is 16.5. The Morgan fingerprint density at radius 2 is 1.63 bits per heavy atom. The number of carbonyl (C=O) groups excluding carboxylic acids is 2. The van der Waals surface area contributed by atoms with Crippen molar-refractivity contribution in [3.8, 4) is 11.1 Å². The summed E-state index contributed by atoms with van der Waals surface area (Å²) < 4.78 is 34.1. The Hall–Kier alpha value is -3.49. The van der Waals surface area contributed by atoms with Gasteiger partial charge in [-0.2, -0.15) is 0 Å². The molecule has 3 unspecified atom stereocenters. The van der Waals surface area contributed by atoms with Crippen molar-refractivity contribution in [2.24, 2.45) is 17.3 Å². The number of halogens is 2. The lowest BCUT2D eigenvalue weighted by Gasteiger charge is -2.51. The minimum atomic E-state index is -3.31. The minimum Gasteiger partial charge on any atom is -0.480 e. The van der Waals surface area contributed by atoms with Gasteiger partial charge in [0, 0.05) is 24.4 Å². The van der Waals surface area contributed by atoms with Crippen LogP contribution in [-0.4, -0.2) is 59.6 Å². The number of rotatable bonds is 6. The van der Waals surface area contributed by atoms with Gasteiger partial charge in [0.2, 0.25) is 5.91 Å². The summed E-state index contributed by atoms with van der Waals surface area (Å²) in [5, 5.41) is 11.7. The standard InChI is InChI=1S/C26H26F2N2O5/c1-25(2)13-30(21(25)23(32)33)22(31)20-19(26(20,27)28)11-29-24(34)35-12-18-16-9-5-3-7-14(16)15-8-4-6-10-17(15)18/h3-10,18-21H,11-13H2,1-2H3,(H,29,34)(H,32,33). The molecule has 2 fully saturated rings. The van der Waals surface area contributed by atoms with E-state index in [1.165, 1.54) is 0 Å². The zero-order valence-electron chi connectivity index (χ0n) is 19.3. The fourth-order valence-corrected chi connectivity index (χ4v) is 5.60. The van der Waals surface area contributed by atoms with E-state index in [9.17, 15) is 28.3 Å². The lowest BCUT2D eigenvalue weighted by Crippen LogP contribution is -2.67. The Kier molecular flexibility index (Phi) is 5.34. The molecule has 2 aromatic carbocycles. The molecular weight excluding hydrogens is 458 g/mol. The van der Waals surface area contributed by atoms with Crippen LogP contribution < -0.4 is 5.32 Å². The van der Waals surface area contributed by atoms with Crippen molar-refractivity contribution >= 4 is 18.0 Å². The molecule has 0 bridgehead atoms.